The van der Waals surface area contributed by atoms with Crippen LogP contribution in [0.25, 0.3) is 0 Å². The second-order valence-corrected chi connectivity index (χ2v) is 8.33. The quantitative estimate of drug-likeness (QED) is 0.772. The minimum Gasteiger partial charge on any atom is -0.468 e. The number of fused-ring (bicyclic) bond motifs is 1. The summed E-state index contributed by atoms with van der Waals surface area (Å²) in [6, 6.07) is 4.58. The third kappa shape index (κ3) is 2.79. The zero-order valence-electron chi connectivity index (χ0n) is 14.2. The van der Waals surface area contributed by atoms with E-state index in [-0.39, 0.29) is 17.1 Å². The molecule has 1 N–H and O–H groups in total. The second-order valence-electron chi connectivity index (χ2n) is 8.33. The zero-order chi connectivity index (χ0) is 15.3. The van der Waals surface area contributed by atoms with Gasteiger partial charge in [-0.15, -0.1) is 0 Å². The smallest absolute Gasteiger partial charge is 0.172 e. The van der Waals surface area contributed by atoms with E-state index in [4.69, 9.17) is 4.74 Å². The van der Waals surface area contributed by atoms with Crippen LogP contribution >= 0.6 is 0 Å². The van der Waals surface area contributed by atoms with Gasteiger partial charge in [0.25, 0.3) is 0 Å². The van der Waals surface area contributed by atoms with Crippen molar-refractivity contribution in [2.75, 3.05) is 5.32 Å². The Morgan fingerprint density at radius 1 is 1.00 bits per heavy atom. The molecule has 1 heterocycles. The second kappa shape index (κ2) is 4.68. The number of nitrogens with one attached hydrogen (secondary N) is 1. The molecule has 0 bridgehead atoms. The predicted octanol–water partition coefficient (Wildman–Crippen LogP) is 5.07. The van der Waals surface area contributed by atoms with E-state index in [1.165, 1.54) is 11.1 Å². The van der Waals surface area contributed by atoms with E-state index in [1.54, 1.807) is 0 Å². The Kier molecular flexibility index (Phi) is 3.56. The Bertz CT molecular complexity index is 503. The Morgan fingerprint density at radius 2 is 1.60 bits per heavy atom. The van der Waals surface area contributed by atoms with Gasteiger partial charge in [0.05, 0.1) is 5.69 Å². The number of rotatable bonds is 1. The van der Waals surface area contributed by atoms with E-state index >= 15 is 0 Å². The van der Waals surface area contributed by atoms with Gasteiger partial charge in [-0.3, -0.25) is 0 Å². The lowest BCUT2D eigenvalue weighted by Gasteiger charge is -2.26. The highest BCUT2D eigenvalue weighted by atomic mass is 16.5. The SMILES string of the molecule is CC(C)C1Nc2cc(C(C)(C)C)cc(C(C)(C)C)c2O1. The van der Waals surface area contributed by atoms with E-state index in [0.29, 0.717) is 5.92 Å². The summed E-state index contributed by atoms with van der Waals surface area (Å²) in [4.78, 5) is 0. The molecule has 1 unspecified atom stereocenters. The lowest BCUT2D eigenvalue weighted by molar-refractivity contribution is 0.195. The monoisotopic (exact) mass is 275 g/mol. The van der Waals surface area contributed by atoms with Crippen molar-refractivity contribution in [1.82, 2.24) is 0 Å². The third-order valence-corrected chi connectivity index (χ3v) is 3.91. The molecule has 0 aromatic heterocycles. The van der Waals surface area contributed by atoms with E-state index in [0.717, 1.165) is 11.4 Å². The first kappa shape index (κ1) is 15.2. The first-order valence-electron chi connectivity index (χ1n) is 7.62. The lowest BCUT2D eigenvalue weighted by Crippen LogP contribution is -2.26. The van der Waals surface area contributed by atoms with Crippen LogP contribution in [0.15, 0.2) is 12.1 Å². The highest BCUT2D eigenvalue weighted by Gasteiger charge is 2.32. The van der Waals surface area contributed by atoms with Crippen molar-refractivity contribution >= 4 is 5.69 Å². The minimum atomic E-state index is 0.0822. The Labute approximate surface area is 123 Å². The predicted molar refractivity (Wildman–Crippen MR) is 86.7 cm³/mol. The first-order valence-corrected chi connectivity index (χ1v) is 7.62. The molecule has 2 nitrogen and oxygen atoms in total. The number of hydrogen-bond acceptors (Lipinski definition) is 2. The molecule has 0 saturated heterocycles. The maximum atomic E-state index is 6.18. The van der Waals surface area contributed by atoms with Crippen molar-refractivity contribution in [2.45, 2.75) is 72.4 Å². The fourth-order valence-electron chi connectivity index (χ4n) is 2.47. The summed E-state index contributed by atoms with van der Waals surface area (Å²) >= 11 is 0. The average Bonchev–Trinajstić information content (AvgIpc) is 2.68. The first-order chi connectivity index (χ1) is 9.00. The van der Waals surface area contributed by atoms with Crippen LogP contribution in [0, 0.1) is 5.92 Å². The number of benzene rings is 1. The van der Waals surface area contributed by atoms with Gasteiger partial charge < -0.3 is 10.1 Å². The average molecular weight is 275 g/mol. The van der Waals surface area contributed by atoms with Gasteiger partial charge in [0.2, 0.25) is 0 Å². The molecule has 1 aromatic carbocycles. The van der Waals surface area contributed by atoms with Crippen LogP contribution < -0.4 is 10.1 Å². The molecule has 0 amide bonds. The number of hydrogen-bond donors (Lipinski definition) is 1. The maximum Gasteiger partial charge on any atom is 0.172 e. The zero-order valence-corrected chi connectivity index (χ0v) is 14.2. The molecule has 0 saturated carbocycles. The molecular formula is C18H29NO. The van der Waals surface area contributed by atoms with Crippen molar-refractivity contribution in [3.63, 3.8) is 0 Å². The van der Waals surface area contributed by atoms with Crippen LogP contribution in [0.2, 0.25) is 0 Å². The van der Waals surface area contributed by atoms with Gasteiger partial charge in [0, 0.05) is 11.5 Å². The van der Waals surface area contributed by atoms with Crippen LogP contribution in [0.1, 0.15) is 66.5 Å². The summed E-state index contributed by atoms with van der Waals surface area (Å²) in [5.74, 6) is 1.50. The van der Waals surface area contributed by atoms with Crippen molar-refractivity contribution in [3.8, 4) is 5.75 Å². The maximum absolute atomic E-state index is 6.18. The molecule has 0 radical (unpaired) electrons. The van der Waals surface area contributed by atoms with Crippen molar-refractivity contribution < 1.29 is 4.74 Å². The molecule has 20 heavy (non-hydrogen) atoms. The Balaban J connectivity index is 2.56. The summed E-state index contributed by atoms with van der Waals surface area (Å²) in [7, 11) is 0. The molecule has 0 fully saturated rings. The molecule has 112 valence electrons. The summed E-state index contributed by atoms with van der Waals surface area (Å²) < 4.78 is 6.18. The van der Waals surface area contributed by atoms with Crippen LogP contribution in [0.5, 0.6) is 5.75 Å². The minimum absolute atomic E-state index is 0.0822. The van der Waals surface area contributed by atoms with E-state index in [9.17, 15) is 0 Å². The number of anilines is 1. The largest absolute Gasteiger partial charge is 0.468 e. The van der Waals surface area contributed by atoms with E-state index in [2.05, 4.69) is 72.8 Å². The molecule has 0 aliphatic carbocycles. The van der Waals surface area contributed by atoms with Gasteiger partial charge in [-0.05, 0) is 22.5 Å². The van der Waals surface area contributed by atoms with Gasteiger partial charge in [0.1, 0.15) is 5.75 Å². The van der Waals surface area contributed by atoms with Crippen molar-refractivity contribution in [2.24, 2.45) is 5.92 Å². The van der Waals surface area contributed by atoms with Crippen LogP contribution in [-0.4, -0.2) is 6.23 Å². The fourth-order valence-corrected chi connectivity index (χ4v) is 2.47. The third-order valence-electron chi connectivity index (χ3n) is 3.91. The molecule has 1 aliphatic rings. The summed E-state index contributed by atoms with van der Waals surface area (Å²) in [6.45, 7) is 17.9. The molecule has 2 heteroatoms. The van der Waals surface area contributed by atoms with E-state index in [1.807, 2.05) is 0 Å². The highest BCUT2D eigenvalue weighted by Crippen LogP contribution is 2.45. The van der Waals surface area contributed by atoms with Gasteiger partial charge >= 0.3 is 0 Å². The van der Waals surface area contributed by atoms with Gasteiger partial charge in [-0.25, -0.2) is 0 Å². The standard InChI is InChI=1S/C18H29NO/c1-11(2)16-19-14-10-12(17(3,4)5)9-13(15(14)20-16)18(6,7)8/h9-11,16,19H,1-8H3. The molecule has 1 atom stereocenters. The topological polar surface area (TPSA) is 21.3 Å². The summed E-state index contributed by atoms with van der Waals surface area (Å²) in [6.07, 6.45) is 0.0846. The van der Waals surface area contributed by atoms with Crippen molar-refractivity contribution in [1.29, 1.82) is 0 Å². The molecule has 2 rings (SSSR count). The molecule has 0 spiro atoms. The number of ether oxygens (including phenoxy) is 1. The van der Waals surface area contributed by atoms with Gasteiger partial charge in [-0.2, -0.15) is 0 Å². The van der Waals surface area contributed by atoms with Crippen LogP contribution in [0.4, 0.5) is 5.69 Å². The molecular weight excluding hydrogens is 246 g/mol. The van der Waals surface area contributed by atoms with Gasteiger partial charge in [-0.1, -0.05) is 61.5 Å². The molecule has 1 aliphatic heterocycles. The molecule has 1 aromatic rings. The normalized spacial score (nSPS) is 18.8. The Morgan fingerprint density at radius 3 is 2.05 bits per heavy atom. The van der Waals surface area contributed by atoms with Crippen LogP contribution in [-0.2, 0) is 10.8 Å². The van der Waals surface area contributed by atoms with Crippen molar-refractivity contribution in [3.05, 3.63) is 23.3 Å². The highest BCUT2D eigenvalue weighted by molar-refractivity contribution is 5.67. The lowest BCUT2D eigenvalue weighted by atomic mass is 9.80. The summed E-state index contributed by atoms with van der Waals surface area (Å²) in [5, 5.41) is 3.54. The van der Waals surface area contributed by atoms with Crippen LogP contribution in [0.3, 0.4) is 0 Å². The summed E-state index contributed by atoms with van der Waals surface area (Å²) in [5.41, 5.74) is 4.05. The van der Waals surface area contributed by atoms with E-state index < -0.39 is 0 Å². The van der Waals surface area contributed by atoms with Gasteiger partial charge in [0.15, 0.2) is 6.23 Å². The Hall–Kier alpha value is -1.18. The fraction of sp³-hybridized carbons (Fsp3) is 0.667.